The van der Waals surface area contributed by atoms with Crippen LogP contribution in [0.3, 0.4) is 0 Å². The number of pyridine rings is 3. The molecule has 14 nitrogen and oxygen atoms in total. The first-order valence-electron chi connectivity index (χ1n) is 16.9. The molecule has 0 aliphatic rings. The Balaban J connectivity index is -0.000000337. The summed E-state index contributed by atoms with van der Waals surface area (Å²) >= 11 is 3.26. The molecule has 0 atom stereocenters. The standard InChI is InChI=1S/C13H13NO2.C12H11NO2.C7H9BO2.C6H6BrNO.C2H6O.CH2O3.CH4.2K.H/c1-15-12-5-3-4-10(8-12)11-6-7-13(16-2)14-9-11;1-15-11-4-2-3-9(7-11)10-5-6-12(14)13-8-10;1-6-3-2-4-7(5-6)8(9)10;1-9-6-3-2-5(7)4-8-6;1-2-3;2-1-4-3;;;;/h3-9H,1-2H3;2-8H,1H3,(H,13,14);2-5,9-10H,1H3;2-4H,1H3;3H,2H2,1H3;1,3H;1H4;;;/q;;;;;;;2*+1;-1/p-1. The Morgan fingerprint density at radius 1 is 0.733 bits per heavy atom. The van der Waals surface area contributed by atoms with Crippen molar-refractivity contribution >= 4 is 35.0 Å². The second-order valence-electron chi connectivity index (χ2n) is 10.8. The van der Waals surface area contributed by atoms with E-state index in [4.69, 9.17) is 44.2 Å². The molecule has 6 rings (SSSR count). The monoisotopic (exact) mass is 941 g/mol. The molecule has 0 saturated heterocycles. The molecule has 0 radical (unpaired) electrons. The topological polar surface area (TPSA) is 206 Å². The molecule has 60 heavy (non-hydrogen) atoms. The van der Waals surface area contributed by atoms with Gasteiger partial charge in [0.2, 0.25) is 17.3 Å². The van der Waals surface area contributed by atoms with Crippen LogP contribution in [0.4, 0.5) is 0 Å². The van der Waals surface area contributed by atoms with Crippen molar-refractivity contribution in [2.24, 2.45) is 0 Å². The Morgan fingerprint density at radius 3 is 1.58 bits per heavy atom. The summed E-state index contributed by atoms with van der Waals surface area (Å²) in [6.07, 6.45) is 5.17. The first kappa shape index (κ1) is 61.5. The van der Waals surface area contributed by atoms with Crippen LogP contribution in [0.25, 0.3) is 22.3 Å². The number of aryl methyl sites for hydroxylation is 1. The minimum atomic E-state index is -1.35. The number of methoxy groups -OCH3 is 4. The van der Waals surface area contributed by atoms with Gasteiger partial charge in [-0.1, -0.05) is 61.5 Å². The average molecular weight is 943 g/mol. The van der Waals surface area contributed by atoms with Crippen LogP contribution in [-0.2, 0) is 9.68 Å². The van der Waals surface area contributed by atoms with Crippen LogP contribution in [0.2, 0.25) is 0 Å². The molecular weight excluding hydrogens is 891 g/mol. The number of halogens is 1. The van der Waals surface area contributed by atoms with Crippen molar-refractivity contribution in [3.05, 3.63) is 148 Å². The molecule has 18 heteroatoms. The number of ether oxygens (including phenoxy) is 4. The summed E-state index contributed by atoms with van der Waals surface area (Å²) in [7, 11) is 5.14. The molecule has 0 fully saturated rings. The number of hydrogen-bond acceptors (Lipinski definition) is 13. The van der Waals surface area contributed by atoms with E-state index in [1.165, 1.54) is 6.07 Å². The molecule has 0 saturated carbocycles. The third-order valence-electron chi connectivity index (χ3n) is 6.82. The zero-order valence-electron chi connectivity index (χ0n) is 35.4. The number of aromatic amines is 1. The summed E-state index contributed by atoms with van der Waals surface area (Å²) in [4.78, 5) is 32.9. The number of benzene rings is 3. The van der Waals surface area contributed by atoms with Gasteiger partial charge in [-0.2, -0.15) is 0 Å². The van der Waals surface area contributed by atoms with E-state index in [-0.39, 0.29) is 130 Å². The molecule has 0 unspecified atom stereocenters. The van der Waals surface area contributed by atoms with Crippen LogP contribution in [0.1, 0.15) is 21.3 Å². The van der Waals surface area contributed by atoms with Crippen molar-refractivity contribution in [2.45, 2.75) is 21.3 Å². The van der Waals surface area contributed by atoms with Crippen molar-refractivity contribution in [2.75, 3.05) is 35.0 Å². The maximum Gasteiger partial charge on any atom is 1.00 e. The average Bonchev–Trinajstić information content (AvgIpc) is 3.25. The third kappa shape index (κ3) is 26.5. The first-order valence-corrected chi connectivity index (χ1v) is 17.7. The molecule has 0 bridgehead atoms. The van der Waals surface area contributed by atoms with Gasteiger partial charge in [0.15, 0.2) is 0 Å². The number of carbonyl (C=O) groups excluding carboxylic acids is 1. The van der Waals surface area contributed by atoms with E-state index in [9.17, 15) is 4.79 Å². The Morgan fingerprint density at radius 2 is 1.22 bits per heavy atom. The second-order valence-corrected chi connectivity index (χ2v) is 11.7. The van der Waals surface area contributed by atoms with Crippen molar-refractivity contribution in [3.8, 4) is 45.5 Å². The maximum atomic E-state index is 10.9. The van der Waals surface area contributed by atoms with Gasteiger partial charge in [0.25, 0.3) is 6.47 Å². The summed E-state index contributed by atoms with van der Waals surface area (Å²) in [6.45, 7) is 3.66. The predicted molar refractivity (Wildman–Crippen MR) is 229 cm³/mol. The van der Waals surface area contributed by atoms with Gasteiger partial charge in [0.05, 0.1) is 28.4 Å². The number of aromatic nitrogens is 3. The van der Waals surface area contributed by atoms with Gasteiger partial charge in [0, 0.05) is 53.4 Å². The quantitative estimate of drug-likeness (QED) is 0.0661. The van der Waals surface area contributed by atoms with Crippen LogP contribution >= 0.6 is 15.9 Å². The van der Waals surface area contributed by atoms with Crippen LogP contribution in [0.5, 0.6) is 23.3 Å². The Labute approximate surface area is 447 Å². The summed E-state index contributed by atoms with van der Waals surface area (Å²) in [5.74, 6) is 2.90. The number of nitrogens with one attached hydrogen (secondary N) is 1. The van der Waals surface area contributed by atoms with E-state index in [1.807, 2.05) is 79.7 Å². The number of H-pyrrole nitrogens is 1. The normalized spacial score (nSPS) is 8.72. The van der Waals surface area contributed by atoms with Crippen LogP contribution in [-0.4, -0.2) is 78.7 Å². The number of aliphatic hydroxyl groups excluding tert-OH is 1. The van der Waals surface area contributed by atoms with Gasteiger partial charge in [-0.05, 0) is 94.4 Å². The van der Waals surface area contributed by atoms with Crippen molar-refractivity contribution in [3.63, 3.8) is 0 Å². The Kier molecular flexibility index (Phi) is 38.9. The summed E-state index contributed by atoms with van der Waals surface area (Å²) < 4.78 is 21.1. The maximum absolute atomic E-state index is 10.9. The van der Waals surface area contributed by atoms with E-state index in [1.54, 1.807) is 84.3 Å². The fourth-order valence-corrected chi connectivity index (χ4v) is 4.42. The zero-order valence-corrected chi connectivity index (χ0v) is 42.2. The van der Waals surface area contributed by atoms with Crippen molar-refractivity contribution in [1.29, 1.82) is 0 Å². The summed E-state index contributed by atoms with van der Waals surface area (Å²) in [5.41, 5.74) is 5.58. The smallest absolute Gasteiger partial charge is 1.00 e. The van der Waals surface area contributed by atoms with Crippen LogP contribution in [0, 0.1) is 6.92 Å². The first-order chi connectivity index (χ1) is 27.5. The number of carbonyl (C=O) groups is 1. The molecule has 3 aromatic carbocycles. The van der Waals surface area contributed by atoms with Gasteiger partial charge in [-0.3, -0.25) is 9.59 Å². The fraction of sp³-hybridized carbons (Fsp3) is 0.190. The van der Waals surface area contributed by atoms with E-state index in [2.05, 4.69) is 35.8 Å². The SMILES string of the molecule is C.CCO.COc1ccc(Br)cn1.COc1cccc(-c2ccc(=O)[nH]c2)c1.COc1cccc(-c2ccc(OC)nc2)c1.Cc1cccc(B(O)O)c1.O=CO[O-].[H-].[K+].[K+]. The Hall–Kier alpha value is -2.76. The molecule has 6 aromatic rings. The Bertz CT molecular complexity index is 2040. The summed E-state index contributed by atoms with van der Waals surface area (Å²) in [6, 6.07) is 33.5. The van der Waals surface area contributed by atoms with Gasteiger partial charge < -0.3 is 50.7 Å². The minimum absolute atomic E-state index is 0. The fourth-order valence-electron chi connectivity index (χ4n) is 4.18. The summed E-state index contributed by atoms with van der Waals surface area (Å²) in [5, 5.41) is 33.4. The molecule has 0 aliphatic heterocycles. The molecule has 4 N–H and O–H groups in total. The van der Waals surface area contributed by atoms with Crippen molar-refractivity contribution in [1.82, 2.24) is 15.0 Å². The van der Waals surface area contributed by atoms with Gasteiger partial charge in [-0.25, -0.2) is 9.97 Å². The van der Waals surface area contributed by atoms with Gasteiger partial charge in [0.1, 0.15) is 11.5 Å². The molecule has 3 aromatic heterocycles. The zero-order chi connectivity index (χ0) is 42.4. The van der Waals surface area contributed by atoms with Crippen molar-refractivity contribution < 1.29 is 153 Å². The van der Waals surface area contributed by atoms with Crippen LogP contribution in [0.15, 0.2) is 137 Å². The van der Waals surface area contributed by atoms with E-state index in [0.29, 0.717) is 17.2 Å². The molecule has 0 spiro atoms. The minimum Gasteiger partial charge on any atom is -1.00 e. The largest absolute Gasteiger partial charge is 1.00 e. The number of rotatable bonds is 8. The van der Waals surface area contributed by atoms with Gasteiger partial charge in [-0.15, -0.1) is 0 Å². The molecular formula is C42H51BBrK2N3O11. The third-order valence-corrected chi connectivity index (χ3v) is 7.29. The number of aliphatic hydroxyl groups is 1. The van der Waals surface area contributed by atoms with Gasteiger partial charge >= 0.3 is 110 Å². The predicted octanol–water partition coefficient (Wildman–Crippen LogP) is -0.466. The number of nitrogens with zero attached hydrogens (tertiary/aromatic N) is 2. The molecule has 312 valence electrons. The van der Waals surface area contributed by atoms with Crippen LogP contribution < -0.4 is 138 Å². The van der Waals surface area contributed by atoms with E-state index < -0.39 is 7.12 Å². The van der Waals surface area contributed by atoms with E-state index >= 15 is 0 Å². The molecule has 0 amide bonds. The van der Waals surface area contributed by atoms with E-state index in [0.717, 1.165) is 43.8 Å². The second kappa shape index (κ2) is 38.0. The molecule has 0 aliphatic carbocycles. The molecule has 3 heterocycles. The number of hydrogen-bond donors (Lipinski definition) is 4.